The molecule has 3 amide bonds. The van der Waals surface area contributed by atoms with E-state index in [4.69, 9.17) is 4.74 Å². The summed E-state index contributed by atoms with van der Waals surface area (Å²) in [4.78, 5) is 39.9. The zero-order valence-corrected chi connectivity index (χ0v) is 22.7. The van der Waals surface area contributed by atoms with E-state index >= 15 is 0 Å². The summed E-state index contributed by atoms with van der Waals surface area (Å²) in [5, 5.41) is 16.9. The fraction of sp³-hybridized carbons (Fsp3) is 0.679. The summed E-state index contributed by atoms with van der Waals surface area (Å²) in [7, 11) is 1.64. The first-order chi connectivity index (χ1) is 17.6. The zero-order chi connectivity index (χ0) is 27.0. The minimum atomic E-state index is -0.694. The van der Waals surface area contributed by atoms with Crippen LogP contribution in [0.5, 0.6) is 5.75 Å². The molecule has 1 aromatic carbocycles. The molecule has 1 saturated heterocycles. The highest BCUT2D eigenvalue weighted by molar-refractivity contribution is 5.89. The van der Waals surface area contributed by atoms with Gasteiger partial charge in [-0.2, -0.15) is 0 Å². The Labute approximate surface area is 220 Å². The predicted octanol–water partition coefficient (Wildman–Crippen LogP) is 3.67. The SMILES string of the molecule is COc1ccc(NC2CCN(C(=O)[C@H](NC(=O)[C@@H](CC3CCCC3)CN(O)C=O)C(C)(C)C)CC2)cc1. The summed E-state index contributed by atoms with van der Waals surface area (Å²) in [6.07, 6.45) is 6.94. The van der Waals surface area contributed by atoms with Crippen molar-refractivity contribution in [3.05, 3.63) is 24.3 Å². The van der Waals surface area contributed by atoms with Crippen LogP contribution in [0.15, 0.2) is 24.3 Å². The molecule has 1 aliphatic carbocycles. The molecule has 2 fully saturated rings. The van der Waals surface area contributed by atoms with Gasteiger partial charge in [0, 0.05) is 24.8 Å². The first-order valence-corrected chi connectivity index (χ1v) is 13.5. The molecule has 2 aliphatic rings. The van der Waals surface area contributed by atoms with Crippen LogP contribution in [0.1, 0.15) is 65.7 Å². The van der Waals surface area contributed by atoms with Crippen LogP contribution < -0.4 is 15.4 Å². The quantitative estimate of drug-likeness (QED) is 0.235. The van der Waals surface area contributed by atoms with Gasteiger partial charge in [0.15, 0.2) is 0 Å². The number of carbonyl (C=O) groups is 3. The van der Waals surface area contributed by atoms with E-state index in [0.29, 0.717) is 36.9 Å². The summed E-state index contributed by atoms with van der Waals surface area (Å²) in [5.41, 5.74) is 0.527. The average Bonchev–Trinajstić information content (AvgIpc) is 3.39. The van der Waals surface area contributed by atoms with Gasteiger partial charge in [0.05, 0.1) is 19.6 Å². The molecule has 0 aromatic heterocycles. The number of hydrogen-bond donors (Lipinski definition) is 3. The highest BCUT2D eigenvalue weighted by Crippen LogP contribution is 2.31. The third-order valence-corrected chi connectivity index (χ3v) is 7.66. The van der Waals surface area contributed by atoms with E-state index in [1.807, 2.05) is 49.9 Å². The fourth-order valence-electron chi connectivity index (χ4n) is 5.44. The Morgan fingerprint density at radius 2 is 1.76 bits per heavy atom. The van der Waals surface area contributed by atoms with Crippen LogP contribution in [0, 0.1) is 17.3 Å². The highest BCUT2D eigenvalue weighted by atomic mass is 16.5. The van der Waals surface area contributed by atoms with Gasteiger partial charge in [-0.05, 0) is 54.9 Å². The van der Waals surface area contributed by atoms with Crippen LogP contribution in [0.3, 0.4) is 0 Å². The molecular formula is C28H44N4O5. The van der Waals surface area contributed by atoms with Crippen molar-refractivity contribution in [1.82, 2.24) is 15.3 Å². The van der Waals surface area contributed by atoms with Crippen molar-refractivity contribution < 1.29 is 24.3 Å². The average molecular weight is 517 g/mol. The summed E-state index contributed by atoms with van der Waals surface area (Å²) in [6, 6.07) is 7.38. The van der Waals surface area contributed by atoms with Crippen LogP contribution in [0.25, 0.3) is 0 Å². The second-order valence-corrected chi connectivity index (χ2v) is 11.6. The largest absolute Gasteiger partial charge is 0.497 e. The van der Waals surface area contributed by atoms with E-state index in [1.165, 1.54) is 0 Å². The number of ether oxygens (including phenoxy) is 1. The first-order valence-electron chi connectivity index (χ1n) is 13.5. The molecule has 9 nitrogen and oxygen atoms in total. The molecule has 1 aliphatic heterocycles. The maximum Gasteiger partial charge on any atom is 0.245 e. The van der Waals surface area contributed by atoms with Gasteiger partial charge in [-0.25, -0.2) is 5.06 Å². The number of likely N-dealkylation sites (tertiary alicyclic amines) is 1. The smallest absolute Gasteiger partial charge is 0.245 e. The van der Waals surface area contributed by atoms with Crippen molar-refractivity contribution in [2.24, 2.45) is 17.3 Å². The van der Waals surface area contributed by atoms with Crippen LogP contribution in [-0.2, 0) is 14.4 Å². The maximum absolute atomic E-state index is 13.6. The molecule has 2 atom stereocenters. The highest BCUT2D eigenvalue weighted by Gasteiger charge is 2.38. The monoisotopic (exact) mass is 516 g/mol. The summed E-state index contributed by atoms with van der Waals surface area (Å²) >= 11 is 0. The van der Waals surface area contributed by atoms with E-state index in [2.05, 4.69) is 10.6 Å². The van der Waals surface area contributed by atoms with Gasteiger partial charge in [0.25, 0.3) is 0 Å². The molecule has 37 heavy (non-hydrogen) atoms. The second kappa shape index (κ2) is 13.1. The van der Waals surface area contributed by atoms with Crippen molar-refractivity contribution in [2.75, 3.05) is 32.1 Å². The van der Waals surface area contributed by atoms with Gasteiger partial charge in [0.2, 0.25) is 18.2 Å². The molecule has 0 radical (unpaired) electrons. The molecule has 1 saturated carbocycles. The second-order valence-electron chi connectivity index (χ2n) is 11.6. The Balaban J connectivity index is 1.60. The van der Waals surface area contributed by atoms with Crippen LogP contribution in [-0.4, -0.2) is 72.2 Å². The summed E-state index contributed by atoms with van der Waals surface area (Å²) < 4.78 is 5.22. The van der Waals surface area contributed by atoms with Crippen LogP contribution in [0.2, 0.25) is 0 Å². The van der Waals surface area contributed by atoms with Gasteiger partial charge in [-0.15, -0.1) is 0 Å². The lowest BCUT2D eigenvalue weighted by Crippen LogP contribution is -2.58. The number of rotatable bonds is 11. The number of nitrogens with one attached hydrogen (secondary N) is 2. The molecule has 3 rings (SSSR count). The lowest BCUT2D eigenvalue weighted by molar-refractivity contribution is -0.156. The lowest BCUT2D eigenvalue weighted by Gasteiger charge is -2.39. The Hall–Kier alpha value is -2.81. The van der Waals surface area contributed by atoms with Crippen molar-refractivity contribution in [3.8, 4) is 5.75 Å². The Morgan fingerprint density at radius 1 is 1.14 bits per heavy atom. The lowest BCUT2D eigenvalue weighted by atomic mass is 9.84. The number of piperidine rings is 1. The van der Waals surface area contributed by atoms with Crippen LogP contribution in [0.4, 0.5) is 5.69 Å². The first kappa shape index (κ1) is 28.8. The van der Waals surface area contributed by atoms with Crippen molar-refractivity contribution in [1.29, 1.82) is 0 Å². The van der Waals surface area contributed by atoms with E-state index in [9.17, 15) is 19.6 Å². The van der Waals surface area contributed by atoms with E-state index in [0.717, 1.165) is 50.0 Å². The molecule has 0 unspecified atom stereocenters. The van der Waals surface area contributed by atoms with Gasteiger partial charge >= 0.3 is 0 Å². The number of hydrogen-bond acceptors (Lipinski definition) is 6. The third kappa shape index (κ3) is 8.35. The number of benzene rings is 1. The van der Waals surface area contributed by atoms with E-state index < -0.39 is 17.4 Å². The number of carbonyl (C=O) groups excluding carboxylic acids is 3. The third-order valence-electron chi connectivity index (χ3n) is 7.66. The van der Waals surface area contributed by atoms with Crippen molar-refractivity contribution in [3.63, 3.8) is 0 Å². The fourth-order valence-corrected chi connectivity index (χ4v) is 5.44. The van der Waals surface area contributed by atoms with Crippen molar-refractivity contribution in [2.45, 2.75) is 77.8 Å². The van der Waals surface area contributed by atoms with Crippen molar-refractivity contribution >= 4 is 23.9 Å². The number of anilines is 1. The molecule has 9 heteroatoms. The Morgan fingerprint density at radius 3 is 2.30 bits per heavy atom. The van der Waals surface area contributed by atoms with Gasteiger partial charge in [-0.1, -0.05) is 46.5 Å². The normalized spacial score (nSPS) is 18.7. The molecule has 1 aromatic rings. The molecule has 0 spiro atoms. The maximum atomic E-state index is 13.6. The van der Waals surface area contributed by atoms with E-state index in [-0.39, 0.29) is 24.4 Å². The van der Waals surface area contributed by atoms with E-state index in [1.54, 1.807) is 7.11 Å². The topological polar surface area (TPSA) is 111 Å². The number of nitrogens with zero attached hydrogens (tertiary/aromatic N) is 2. The Kier molecular flexibility index (Phi) is 10.2. The molecule has 0 bridgehead atoms. The van der Waals surface area contributed by atoms with Gasteiger partial charge in [0.1, 0.15) is 11.8 Å². The van der Waals surface area contributed by atoms with Crippen LogP contribution >= 0.6 is 0 Å². The number of hydroxylamine groups is 2. The minimum absolute atomic E-state index is 0.0701. The van der Waals surface area contributed by atoms with Gasteiger partial charge < -0.3 is 20.3 Å². The Bertz CT molecular complexity index is 887. The molecule has 1 heterocycles. The minimum Gasteiger partial charge on any atom is -0.497 e. The number of amides is 3. The summed E-state index contributed by atoms with van der Waals surface area (Å²) in [5.74, 6) is 0.286. The molecule has 206 valence electrons. The number of methoxy groups -OCH3 is 1. The standard InChI is InChI=1S/C28H44N4O5/c1-28(2,3)25(30-26(34)21(18-32(36)19-33)17-20-7-5-6-8-20)27(35)31-15-13-23(14-16-31)29-22-9-11-24(37-4)12-10-22/h9-12,19-21,23,25,29,36H,5-8,13-18H2,1-4H3,(H,30,34)/t21-,25-/m0/s1. The molecular weight excluding hydrogens is 472 g/mol. The molecule has 3 N–H and O–H groups in total. The zero-order valence-electron chi connectivity index (χ0n) is 22.7. The summed E-state index contributed by atoms with van der Waals surface area (Å²) in [6.45, 7) is 6.99. The predicted molar refractivity (Wildman–Crippen MR) is 142 cm³/mol. The van der Waals surface area contributed by atoms with Gasteiger partial charge in [-0.3, -0.25) is 19.6 Å².